The minimum absolute atomic E-state index is 0.152. The van der Waals surface area contributed by atoms with Crippen LogP contribution in [0.15, 0.2) is 42.5 Å². The summed E-state index contributed by atoms with van der Waals surface area (Å²) in [6.45, 7) is 9.95. The number of ether oxygens (including phenoxy) is 1. The fourth-order valence-corrected chi connectivity index (χ4v) is 4.13. The Morgan fingerprint density at radius 2 is 1.62 bits per heavy atom. The average Bonchev–Trinajstić information content (AvgIpc) is 2.78. The summed E-state index contributed by atoms with van der Waals surface area (Å²) in [5.41, 5.74) is 4.48. The van der Waals surface area contributed by atoms with Gasteiger partial charge in [0.2, 0.25) is 0 Å². The van der Waals surface area contributed by atoms with E-state index in [1.807, 2.05) is 23.9 Å². The third kappa shape index (κ3) is 8.06. The smallest absolute Gasteiger partial charge is 0.319 e. The van der Waals surface area contributed by atoms with E-state index in [1.54, 1.807) is 7.11 Å². The molecule has 32 heavy (non-hydrogen) atoms. The molecule has 0 saturated heterocycles. The Kier molecular flexibility index (Phi) is 10.9. The molecule has 0 aliphatic heterocycles. The van der Waals surface area contributed by atoms with Gasteiger partial charge in [-0.1, -0.05) is 58.0 Å². The second kappa shape index (κ2) is 13.4. The number of methoxy groups -OCH3 is 1. The molecule has 0 fully saturated rings. The summed E-state index contributed by atoms with van der Waals surface area (Å²) in [6, 6.07) is 14.4. The molecule has 0 heterocycles. The predicted molar refractivity (Wildman–Crippen MR) is 138 cm³/mol. The van der Waals surface area contributed by atoms with Crippen molar-refractivity contribution in [3.8, 4) is 5.75 Å². The first kappa shape index (κ1) is 26.1. The number of hydrogen-bond acceptors (Lipinski definition) is 4. The lowest BCUT2D eigenvalue weighted by Gasteiger charge is -2.22. The van der Waals surface area contributed by atoms with Gasteiger partial charge in [0.15, 0.2) is 0 Å². The largest absolute Gasteiger partial charge is 0.497 e. The number of anilines is 1. The van der Waals surface area contributed by atoms with Crippen molar-refractivity contribution < 1.29 is 9.53 Å². The van der Waals surface area contributed by atoms with Gasteiger partial charge in [0.05, 0.1) is 7.11 Å². The quantitative estimate of drug-likeness (QED) is 0.367. The maximum Gasteiger partial charge on any atom is 0.319 e. The summed E-state index contributed by atoms with van der Waals surface area (Å²) in [5, 5.41) is 9.82. The van der Waals surface area contributed by atoms with Gasteiger partial charge in [-0.05, 0) is 59.1 Å². The lowest BCUT2D eigenvalue weighted by atomic mass is 9.93. The van der Waals surface area contributed by atoms with Gasteiger partial charge in [-0.15, -0.1) is 0 Å². The first-order valence-electron chi connectivity index (χ1n) is 11.4. The van der Waals surface area contributed by atoms with Crippen LogP contribution in [0.1, 0.15) is 62.6 Å². The van der Waals surface area contributed by atoms with Crippen LogP contribution in [0.3, 0.4) is 0 Å². The van der Waals surface area contributed by atoms with Crippen LogP contribution in [0.25, 0.3) is 0 Å². The second-order valence-corrected chi connectivity index (χ2v) is 9.65. The number of para-hydroxylation sites is 1. The van der Waals surface area contributed by atoms with Gasteiger partial charge in [-0.3, -0.25) is 0 Å². The van der Waals surface area contributed by atoms with Gasteiger partial charge in [0.25, 0.3) is 0 Å². The lowest BCUT2D eigenvalue weighted by Crippen LogP contribution is -2.42. The Hall–Kier alpha value is -2.18. The molecule has 0 bridgehead atoms. The zero-order valence-corrected chi connectivity index (χ0v) is 21.1. The highest BCUT2D eigenvalue weighted by Gasteiger charge is 2.17. The SMILES string of the molecule is COc1ccc(CN[C@@H](CCSC)CNC(=O)Nc2c(C(C)C)cccc2C(C)C)cc1. The molecule has 176 valence electrons. The molecule has 0 saturated carbocycles. The zero-order valence-electron chi connectivity index (χ0n) is 20.3. The maximum atomic E-state index is 12.8. The first-order chi connectivity index (χ1) is 15.3. The molecule has 0 aromatic heterocycles. The van der Waals surface area contributed by atoms with Crippen molar-refractivity contribution >= 4 is 23.5 Å². The number of rotatable bonds is 12. The highest BCUT2D eigenvalue weighted by Crippen LogP contribution is 2.32. The van der Waals surface area contributed by atoms with E-state index in [0.717, 1.165) is 30.2 Å². The predicted octanol–water partition coefficient (Wildman–Crippen LogP) is 5.98. The topological polar surface area (TPSA) is 62.4 Å². The number of nitrogens with one attached hydrogen (secondary N) is 3. The van der Waals surface area contributed by atoms with Crippen LogP contribution in [0, 0.1) is 0 Å². The number of amides is 2. The van der Waals surface area contributed by atoms with Gasteiger partial charge >= 0.3 is 6.03 Å². The summed E-state index contributed by atoms with van der Waals surface area (Å²) in [4.78, 5) is 12.8. The van der Waals surface area contributed by atoms with Crippen molar-refractivity contribution in [1.82, 2.24) is 10.6 Å². The van der Waals surface area contributed by atoms with E-state index in [1.165, 1.54) is 16.7 Å². The van der Waals surface area contributed by atoms with Crippen LogP contribution in [0.2, 0.25) is 0 Å². The molecule has 3 N–H and O–H groups in total. The van der Waals surface area contributed by atoms with E-state index >= 15 is 0 Å². The molecule has 0 aliphatic carbocycles. The van der Waals surface area contributed by atoms with Gasteiger partial charge in [-0.2, -0.15) is 11.8 Å². The van der Waals surface area contributed by atoms with E-state index < -0.39 is 0 Å². The normalized spacial score (nSPS) is 12.1. The van der Waals surface area contributed by atoms with Crippen molar-refractivity contribution in [2.24, 2.45) is 0 Å². The molecule has 2 rings (SSSR count). The Bertz CT molecular complexity index is 811. The van der Waals surface area contributed by atoms with Crippen LogP contribution in [0.4, 0.5) is 10.5 Å². The van der Waals surface area contributed by atoms with Crippen LogP contribution >= 0.6 is 11.8 Å². The van der Waals surface area contributed by atoms with Crippen molar-refractivity contribution in [1.29, 1.82) is 0 Å². The van der Waals surface area contributed by atoms with Gasteiger partial charge in [-0.25, -0.2) is 4.79 Å². The van der Waals surface area contributed by atoms with Crippen molar-refractivity contribution in [2.45, 2.75) is 58.5 Å². The number of carbonyl (C=O) groups is 1. The fourth-order valence-electron chi connectivity index (χ4n) is 3.61. The van der Waals surface area contributed by atoms with Crippen molar-refractivity contribution in [3.05, 3.63) is 59.2 Å². The molecule has 0 aliphatic rings. The van der Waals surface area contributed by atoms with Crippen LogP contribution in [-0.4, -0.2) is 37.7 Å². The Labute approximate surface area is 198 Å². The summed E-state index contributed by atoms with van der Waals surface area (Å²) >= 11 is 1.82. The van der Waals surface area contributed by atoms with E-state index in [2.05, 4.69) is 80.2 Å². The summed E-state index contributed by atoms with van der Waals surface area (Å²) in [7, 11) is 1.67. The molecular formula is C26H39N3O2S. The first-order valence-corrected chi connectivity index (χ1v) is 12.8. The molecule has 2 aromatic carbocycles. The van der Waals surface area contributed by atoms with E-state index in [-0.39, 0.29) is 12.1 Å². The monoisotopic (exact) mass is 457 g/mol. The number of hydrogen-bond donors (Lipinski definition) is 3. The lowest BCUT2D eigenvalue weighted by molar-refractivity contribution is 0.250. The molecule has 6 heteroatoms. The highest BCUT2D eigenvalue weighted by atomic mass is 32.2. The Morgan fingerprint density at radius 1 is 1.00 bits per heavy atom. The zero-order chi connectivity index (χ0) is 23.5. The molecular weight excluding hydrogens is 418 g/mol. The third-order valence-corrected chi connectivity index (χ3v) is 6.19. The summed E-state index contributed by atoms with van der Waals surface area (Å²) < 4.78 is 5.23. The van der Waals surface area contributed by atoms with Crippen LogP contribution in [-0.2, 0) is 6.54 Å². The number of benzene rings is 2. The number of urea groups is 1. The second-order valence-electron chi connectivity index (χ2n) is 8.66. The van der Waals surface area contributed by atoms with E-state index in [4.69, 9.17) is 4.74 Å². The molecule has 0 radical (unpaired) electrons. The summed E-state index contributed by atoms with van der Waals surface area (Å²) in [6.07, 6.45) is 3.09. The minimum atomic E-state index is -0.152. The molecule has 0 unspecified atom stereocenters. The van der Waals surface area contributed by atoms with E-state index in [9.17, 15) is 4.79 Å². The van der Waals surface area contributed by atoms with Crippen LogP contribution < -0.4 is 20.7 Å². The van der Waals surface area contributed by atoms with Crippen molar-refractivity contribution in [2.75, 3.05) is 31.0 Å². The standard InChI is InChI=1S/C26H39N3O2S/c1-18(2)23-8-7-9-24(19(3)4)25(23)29-26(30)28-17-21(14-15-32-6)27-16-20-10-12-22(31-5)13-11-20/h7-13,18-19,21,27H,14-17H2,1-6H3,(H2,28,29,30)/t21-/m0/s1. The Balaban J connectivity index is 1.99. The third-order valence-electron chi connectivity index (χ3n) is 5.54. The number of carbonyl (C=O) groups excluding carboxylic acids is 1. The Morgan fingerprint density at radius 3 is 2.16 bits per heavy atom. The minimum Gasteiger partial charge on any atom is -0.497 e. The molecule has 1 atom stereocenters. The van der Waals surface area contributed by atoms with Crippen molar-refractivity contribution in [3.63, 3.8) is 0 Å². The molecule has 2 amide bonds. The molecule has 5 nitrogen and oxygen atoms in total. The van der Waals surface area contributed by atoms with Gasteiger partial charge < -0.3 is 20.7 Å². The van der Waals surface area contributed by atoms with Gasteiger partial charge in [0.1, 0.15) is 5.75 Å². The summed E-state index contributed by atoms with van der Waals surface area (Å²) in [5.74, 6) is 2.57. The fraction of sp³-hybridized carbons (Fsp3) is 0.500. The molecule has 2 aromatic rings. The highest BCUT2D eigenvalue weighted by molar-refractivity contribution is 7.98. The number of thioether (sulfide) groups is 1. The van der Waals surface area contributed by atoms with Crippen LogP contribution in [0.5, 0.6) is 5.75 Å². The van der Waals surface area contributed by atoms with Gasteiger partial charge in [0, 0.05) is 24.8 Å². The maximum absolute atomic E-state index is 12.8. The molecule has 0 spiro atoms. The average molecular weight is 458 g/mol. The van der Waals surface area contributed by atoms with E-state index in [0.29, 0.717) is 18.4 Å².